The molecule has 8 heteroatoms. The molecule has 0 atom stereocenters. The first-order valence-corrected chi connectivity index (χ1v) is 6.22. The Hall–Kier alpha value is -2.67. The van der Waals surface area contributed by atoms with Crippen LogP contribution in [-0.4, -0.2) is 21.1 Å². The summed E-state index contributed by atoms with van der Waals surface area (Å²) >= 11 is 5.76. The second-order valence-electron chi connectivity index (χ2n) is 4.10. The summed E-state index contributed by atoms with van der Waals surface area (Å²) < 4.78 is 0. The molecule has 0 fully saturated rings. The third-order valence-electron chi connectivity index (χ3n) is 2.67. The predicted molar refractivity (Wildman–Crippen MR) is 76.2 cm³/mol. The van der Waals surface area contributed by atoms with E-state index in [0.29, 0.717) is 17.0 Å². The van der Waals surface area contributed by atoms with Gasteiger partial charge in [0.1, 0.15) is 5.02 Å². The van der Waals surface area contributed by atoms with E-state index in [-0.39, 0.29) is 17.3 Å². The number of carbonyl (C=O) groups is 1. The lowest BCUT2D eigenvalue weighted by Crippen LogP contribution is -2.20. The Labute approximate surface area is 124 Å². The van der Waals surface area contributed by atoms with E-state index in [9.17, 15) is 14.9 Å². The van der Waals surface area contributed by atoms with E-state index in [0.717, 1.165) is 0 Å². The van der Waals surface area contributed by atoms with Crippen LogP contribution in [0.5, 0.6) is 0 Å². The van der Waals surface area contributed by atoms with Gasteiger partial charge < -0.3 is 10.4 Å². The Balaban J connectivity index is 2.33. The third kappa shape index (κ3) is 3.67. The highest BCUT2D eigenvalue weighted by Gasteiger charge is 2.14. The third-order valence-corrected chi connectivity index (χ3v) is 2.99. The Morgan fingerprint density at radius 2 is 2.14 bits per heavy atom. The fourth-order valence-corrected chi connectivity index (χ4v) is 1.90. The lowest BCUT2D eigenvalue weighted by atomic mass is 10.1. The molecule has 108 valence electrons. The van der Waals surface area contributed by atoms with Gasteiger partial charge in [-0.2, -0.15) is 0 Å². The summed E-state index contributed by atoms with van der Waals surface area (Å²) in [6.45, 7) is 0.0544. The zero-order valence-electron chi connectivity index (χ0n) is 10.6. The number of carboxylic acid groups (broad SMARTS) is 1. The lowest BCUT2D eigenvalue weighted by Gasteiger charge is -2.05. The Morgan fingerprint density at radius 3 is 2.81 bits per heavy atom. The van der Waals surface area contributed by atoms with Crippen LogP contribution in [0.15, 0.2) is 36.4 Å². The minimum absolute atomic E-state index is 0.0486. The number of hydrogen-bond donors (Lipinski definition) is 2. The molecule has 2 rings (SSSR count). The van der Waals surface area contributed by atoms with Crippen LogP contribution in [0.1, 0.15) is 5.69 Å². The molecule has 1 amide bonds. The van der Waals surface area contributed by atoms with Gasteiger partial charge in [-0.15, -0.1) is 0 Å². The second-order valence-corrected chi connectivity index (χ2v) is 4.50. The maximum Gasteiger partial charge on any atom is 0.404 e. The van der Waals surface area contributed by atoms with Crippen molar-refractivity contribution in [3.05, 3.63) is 57.2 Å². The number of benzene rings is 1. The standard InChI is InChI=1S/C13H10ClN3O4/c14-10-5-4-8(6-12(10)17(20)21)11-3-1-2-9(16-11)7-15-13(18)19/h1-6,15H,7H2,(H,18,19). The largest absolute Gasteiger partial charge is 0.465 e. The first kappa shape index (κ1) is 14.7. The number of nitro groups is 1. The number of pyridine rings is 1. The molecule has 0 aliphatic rings. The number of halogens is 1. The van der Waals surface area contributed by atoms with Gasteiger partial charge in [0.25, 0.3) is 5.69 Å². The molecule has 0 bridgehead atoms. The van der Waals surface area contributed by atoms with Crippen molar-refractivity contribution in [2.45, 2.75) is 6.54 Å². The highest BCUT2D eigenvalue weighted by atomic mass is 35.5. The average Bonchev–Trinajstić information content (AvgIpc) is 2.45. The maximum atomic E-state index is 10.9. The Kier molecular flexibility index (Phi) is 4.34. The van der Waals surface area contributed by atoms with Crippen molar-refractivity contribution in [3.63, 3.8) is 0 Å². The summed E-state index contributed by atoms with van der Waals surface area (Å²) in [4.78, 5) is 25.0. The van der Waals surface area contributed by atoms with Gasteiger partial charge in [-0.1, -0.05) is 23.7 Å². The molecule has 0 unspecified atom stereocenters. The SMILES string of the molecule is O=C(O)NCc1cccc(-c2ccc(Cl)c([N+](=O)[O-])c2)n1. The highest BCUT2D eigenvalue weighted by Crippen LogP contribution is 2.29. The van der Waals surface area contributed by atoms with Crippen LogP contribution in [-0.2, 0) is 6.54 Å². The predicted octanol–water partition coefficient (Wildman–Crippen LogP) is 3.08. The van der Waals surface area contributed by atoms with Crippen molar-refractivity contribution in [2.75, 3.05) is 0 Å². The summed E-state index contributed by atoms with van der Waals surface area (Å²) in [5.74, 6) is 0. The number of nitrogens with one attached hydrogen (secondary N) is 1. The molecular formula is C13H10ClN3O4. The maximum absolute atomic E-state index is 10.9. The summed E-state index contributed by atoms with van der Waals surface area (Å²) in [6.07, 6.45) is -1.15. The first-order valence-electron chi connectivity index (χ1n) is 5.84. The number of nitrogens with zero attached hydrogens (tertiary/aromatic N) is 2. The van der Waals surface area contributed by atoms with Crippen molar-refractivity contribution in [3.8, 4) is 11.3 Å². The number of nitro benzene ring substituents is 1. The fraction of sp³-hybridized carbons (Fsp3) is 0.0769. The van der Waals surface area contributed by atoms with Crippen molar-refractivity contribution in [2.24, 2.45) is 0 Å². The quantitative estimate of drug-likeness (QED) is 0.667. The Morgan fingerprint density at radius 1 is 1.38 bits per heavy atom. The zero-order valence-corrected chi connectivity index (χ0v) is 11.4. The molecule has 7 nitrogen and oxygen atoms in total. The van der Waals surface area contributed by atoms with Gasteiger partial charge in [0, 0.05) is 11.6 Å². The number of amides is 1. The van der Waals surface area contributed by atoms with Crippen LogP contribution in [0, 0.1) is 10.1 Å². The minimum atomic E-state index is -1.15. The van der Waals surface area contributed by atoms with E-state index in [1.54, 1.807) is 24.3 Å². The normalized spacial score (nSPS) is 10.1. The number of hydrogen-bond acceptors (Lipinski definition) is 4. The molecule has 0 aliphatic heterocycles. The summed E-state index contributed by atoms with van der Waals surface area (Å²) in [5.41, 5.74) is 1.33. The van der Waals surface area contributed by atoms with Crippen LogP contribution in [0.2, 0.25) is 5.02 Å². The molecular weight excluding hydrogens is 298 g/mol. The molecule has 1 aromatic carbocycles. The van der Waals surface area contributed by atoms with E-state index in [1.807, 2.05) is 0 Å². The van der Waals surface area contributed by atoms with E-state index in [1.165, 1.54) is 12.1 Å². The van der Waals surface area contributed by atoms with Crippen molar-refractivity contribution >= 4 is 23.4 Å². The molecule has 21 heavy (non-hydrogen) atoms. The van der Waals surface area contributed by atoms with Crippen LogP contribution in [0.25, 0.3) is 11.3 Å². The summed E-state index contributed by atoms with van der Waals surface area (Å²) in [7, 11) is 0. The van der Waals surface area contributed by atoms with Crippen LogP contribution >= 0.6 is 11.6 Å². The van der Waals surface area contributed by atoms with E-state index in [4.69, 9.17) is 16.7 Å². The van der Waals surface area contributed by atoms with E-state index < -0.39 is 11.0 Å². The van der Waals surface area contributed by atoms with Crippen LogP contribution in [0.3, 0.4) is 0 Å². The lowest BCUT2D eigenvalue weighted by molar-refractivity contribution is -0.384. The highest BCUT2D eigenvalue weighted by molar-refractivity contribution is 6.32. The fourth-order valence-electron chi connectivity index (χ4n) is 1.72. The monoisotopic (exact) mass is 307 g/mol. The molecule has 0 saturated heterocycles. The van der Waals surface area contributed by atoms with Crippen LogP contribution < -0.4 is 5.32 Å². The van der Waals surface area contributed by atoms with Gasteiger partial charge in [0.2, 0.25) is 0 Å². The number of rotatable bonds is 4. The molecule has 0 radical (unpaired) electrons. The summed E-state index contributed by atoms with van der Waals surface area (Å²) in [6, 6.07) is 9.41. The minimum Gasteiger partial charge on any atom is -0.465 e. The second kappa shape index (κ2) is 6.19. The smallest absolute Gasteiger partial charge is 0.404 e. The zero-order chi connectivity index (χ0) is 15.4. The van der Waals surface area contributed by atoms with Crippen LogP contribution in [0.4, 0.5) is 10.5 Å². The Bertz CT molecular complexity index is 706. The van der Waals surface area contributed by atoms with Crippen molar-refractivity contribution < 1.29 is 14.8 Å². The van der Waals surface area contributed by atoms with Gasteiger partial charge in [0.05, 0.1) is 22.9 Å². The van der Waals surface area contributed by atoms with Gasteiger partial charge in [-0.05, 0) is 18.2 Å². The van der Waals surface area contributed by atoms with E-state index in [2.05, 4.69) is 10.3 Å². The first-order chi connectivity index (χ1) is 9.97. The molecule has 1 aromatic heterocycles. The average molecular weight is 308 g/mol. The topological polar surface area (TPSA) is 105 Å². The van der Waals surface area contributed by atoms with Crippen molar-refractivity contribution in [1.29, 1.82) is 0 Å². The van der Waals surface area contributed by atoms with Gasteiger partial charge in [0.15, 0.2) is 0 Å². The van der Waals surface area contributed by atoms with Gasteiger partial charge >= 0.3 is 6.09 Å². The van der Waals surface area contributed by atoms with Gasteiger partial charge in [-0.3, -0.25) is 15.1 Å². The molecule has 0 aliphatic carbocycles. The van der Waals surface area contributed by atoms with Gasteiger partial charge in [-0.25, -0.2) is 4.79 Å². The molecule has 0 spiro atoms. The van der Waals surface area contributed by atoms with E-state index >= 15 is 0 Å². The molecule has 2 aromatic rings. The summed E-state index contributed by atoms with van der Waals surface area (Å²) in [5, 5.41) is 21.7. The number of aromatic nitrogens is 1. The molecule has 2 N–H and O–H groups in total. The molecule has 0 saturated carbocycles. The molecule has 1 heterocycles. The van der Waals surface area contributed by atoms with Crippen molar-refractivity contribution in [1.82, 2.24) is 10.3 Å².